The number of likely N-dealkylation sites (N-methyl/N-ethyl adjacent to an activating group) is 1. The van der Waals surface area contributed by atoms with Crippen molar-refractivity contribution in [1.29, 1.82) is 0 Å². The number of rotatable bonds is 6. The van der Waals surface area contributed by atoms with Gasteiger partial charge in [-0.3, -0.25) is 9.58 Å². The number of aryl methyl sites for hydroxylation is 2. The van der Waals surface area contributed by atoms with E-state index in [-0.39, 0.29) is 0 Å². The Bertz CT molecular complexity index is 424. The van der Waals surface area contributed by atoms with Crippen LogP contribution in [0.25, 0.3) is 0 Å². The third-order valence-corrected chi connectivity index (χ3v) is 5.20. The molecule has 1 aromatic heterocycles. The van der Waals surface area contributed by atoms with Gasteiger partial charge in [-0.25, -0.2) is 0 Å². The minimum Gasteiger partial charge on any atom is -0.313 e. The lowest BCUT2D eigenvalue weighted by Crippen LogP contribution is -2.43. The van der Waals surface area contributed by atoms with Crippen molar-refractivity contribution in [3.8, 4) is 0 Å². The minimum atomic E-state index is 0.654. The molecule has 0 radical (unpaired) electrons. The van der Waals surface area contributed by atoms with Gasteiger partial charge in [0, 0.05) is 25.7 Å². The van der Waals surface area contributed by atoms with E-state index in [0.29, 0.717) is 6.04 Å². The fourth-order valence-corrected chi connectivity index (χ4v) is 3.34. The van der Waals surface area contributed by atoms with Crippen molar-refractivity contribution in [2.75, 3.05) is 19.6 Å². The molecule has 0 bridgehead atoms. The number of hydrogen-bond donors (Lipinski definition) is 1. The quantitative estimate of drug-likeness (QED) is 0.862. The zero-order valence-corrected chi connectivity index (χ0v) is 14.5. The molecule has 1 aliphatic heterocycles. The average Bonchev–Trinajstić information content (AvgIpc) is 2.75. The van der Waals surface area contributed by atoms with E-state index in [1.807, 2.05) is 0 Å². The predicted octanol–water partition coefficient (Wildman–Crippen LogP) is 2.94. The van der Waals surface area contributed by atoms with Crippen molar-refractivity contribution in [2.45, 2.75) is 59.2 Å². The van der Waals surface area contributed by atoms with E-state index in [9.17, 15) is 0 Å². The molecule has 114 valence electrons. The zero-order chi connectivity index (χ0) is 14.5. The van der Waals surface area contributed by atoms with Crippen LogP contribution in [-0.2, 0) is 13.1 Å². The summed E-state index contributed by atoms with van der Waals surface area (Å²) in [4.78, 5) is 2.52. The van der Waals surface area contributed by atoms with E-state index < -0.39 is 0 Å². The Hall–Kier alpha value is -0.390. The van der Waals surface area contributed by atoms with E-state index in [0.717, 1.165) is 31.9 Å². The standard InChI is InChI=1S/C15H27BrN4/c1-4-19(10-13-8-6-7-9-17-13)11-14-15(16)12(3)18-20(14)5-2/h13,17H,4-11H2,1-3H3. The minimum absolute atomic E-state index is 0.654. The van der Waals surface area contributed by atoms with E-state index in [2.05, 4.69) is 56.7 Å². The predicted molar refractivity (Wildman–Crippen MR) is 86.9 cm³/mol. The van der Waals surface area contributed by atoms with Gasteiger partial charge in [0.1, 0.15) is 0 Å². The molecule has 0 spiro atoms. The Labute approximate surface area is 131 Å². The second kappa shape index (κ2) is 7.57. The Morgan fingerprint density at radius 1 is 1.40 bits per heavy atom. The van der Waals surface area contributed by atoms with Crippen molar-refractivity contribution in [1.82, 2.24) is 20.0 Å². The van der Waals surface area contributed by atoms with Gasteiger partial charge >= 0.3 is 0 Å². The smallest absolute Gasteiger partial charge is 0.0739 e. The highest BCUT2D eigenvalue weighted by molar-refractivity contribution is 9.10. The summed E-state index contributed by atoms with van der Waals surface area (Å²) in [5.74, 6) is 0. The summed E-state index contributed by atoms with van der Waals surface area (Å²) in [5.41, 5.74) is 2.40. The first-order chi connectivity index (χ1) is 9.65. The van der Waals surface area contributed by atoms with Crippen LogP contribution < -0.4 is 5.32 Å². The normalized spacial score (nSPS) is 19.8. The lowest BCUT2D eigenvalue weighted by atomic mass is 10.0. The van der Waals surface area contributed by atoms with Crippen LogP contribution in [0.1, 0.15) is 44.5 Å². The number of nitrogens with one attached hydrogen (secondary N) is 1. The Morgan fingerprint density at radius 3 is 2.80 bits per heavy atom. The lowest BCUT2D eigenvalue weighted by Gasteiger charge is -2.30. The van der Waals surface area contributed by atoms with Crippen molar-refractivity contribution in [2.24, 2.45) is 0 Å². The van der Waals surface area contributed by atoms with Gasteiger partial charge in [0.05, 0.1) is 15.9 Å². The second-order valence-electron chi connectivity index (χ2n) is 5.64. The van der Waals surface area contributed by atoms with Gasteiger partial charge in [-0.05, 0) is 55.7 Å². The van der Waals surface area contributed by atoms with Crippen molar-refractivity contribution < 1.29 is 0 Å². The third-order valence-electron chi connectivity index (χ3n) is 4.16. The maximum absolute atomic E-state index is 4.59. The van der Waals surface area contributed by atoms with Crippen molar-refractivity contribution in [3.63, 3.8) is 0 Å². The van der Waals surface area contributed by atoms with Gasteiger partial charge in [-0.2, -0.15) is 5.10 Å². The van der Waals surface area contributed by atoms with Gasteiger partial charge in [-0.15, -0.1) is 0 Å². The first-order valence-corrected chi connectivity index (χ1v) is 8.62. The molecule has 1 atom stereocenters. The van der Waals surface area contributed by atoms with Gasteiger partial charge < -0.3 is 5.32 Å². The fourth-order valence-electron chi connectivity index (χ4n) is 2.93. The third kappa shape index (κ3) is 3.83. The molecule has 1 saturated heterocycles. The number of hydrogen-bond acceptors (Lipinski definition) is 3. The van der Waals surface area contributed by atoms with Crippen LogP contribution in [0.4, 0.5) is 0 Å². The molecule has 2 heterocycles. The molecule has 1 N–H and O–H groups in total. The molecule has 1 unspecified atom stereocenters. The molecule has 2 rings (SSSR count). The highest BCUT2D eigenvalue weighted by Crippen LogP contribution is 2.23. The van der Waals surface area contributed by atoms with Crippen LogP contribution >= 0.6 is 15.9 Å². The van der Waals surface area contributed by atoms with Crippen LogP contribution in [0, 0.1) is 6.92 Å². The largest absolute Gasteiger partial charge is 0.313 e. The van der Waals surface area contributed by atoms with E-state index in [1.165, 1.54) is 36.0 Å². The topological polar surface area (TPSA) is 33.1 Å². The van der Waals surface area contributed by atoms with E-state index in [4.69, 9.17) is 0 Å². The Kier molecular flexibility index (Phi) is 6.05. The van der Waals surface area contributed by atoms with Crippen molar-refractivity contribution >= 4 is 15.9 Å². The molecule has 1 aromatic rings. The van der Waals surface area contributed by atoms with E-state index in [1.54, 1.807) is 0 Å². The van der Waals surface area contributed by atoms with Gasteiger partial charge in [0.2, 0.25) is 0 Å². The average molecular weight is 343 g/mol. The Morgan fingerprint density at radius 2 is 2.20 bits per heavy atom. The first-order valence-electron chi connectivity index (χ1n) is 7.83. The highest BCUT2D eigenvalue weighted by atomic mass is 79.9. The molecule has 0 saturated carbocycles. The second-order valence-corrected chi connectivity index (χ2v) is 6.43. The zero-order valence-electron chi connectivity index (χ0n) is 13.0. The highest BCUT2D eigenvalue weighted by Gasteiger charge is 2.19. The molecular formula is C15H27BrN4. The molecule has 1 aliphatic rings. The molecule has 0 amide bonds. The van der Waals surface area contributed by atoms with Crippen LogP contribution in [-0.4, -0.2) is 40.4 Å². The molecule has 20 heavy (non-hydrogen) atoms. The summed E-state index contributed by atoms with van der Waals surface area (Å²) in [6.45, 7) is 11.8. The molecular weight excluding hydrogens is 316 g/mol. The van der Waals surface area contributed by atoms with E-state index >= 15 is 0 Å². The van der Waals surface area contributed by atoms with Gasteiger partial charge in [-0.1, -0.05) is 13.3 Å². The van der Waals surface area contributed by atoms with Crippen LogP contribution in [0.3, 0.4) is 0 Å². The fraction of sp³-hybridized carbons (Fsp3) is 0.800. The maximum Gasteiger partial charge on any atom is 0.0739 e. The summed E-state index contributed by atoms with van der Waals surface area (Å²) in [5, 5.41) is 8.23. The maximum atomic E-state index is 4.59. The SMILES string of the molecule is CCN(Cc1c(Br)c(C)nn1CC)CC1CCCCN1. The monoisotopic (exact) mass is 342 g/mol. The van der Waals surface area contributed by atoms with Crippen molar-refractivity contribution in [3.05, 3.63) is 15.9 Å². The lowest BCUT2D eigenvalue weighted by molar-refractivity contribution is 0.221. The number of nitrogens with zero attached hydrogens (tertiary/aromatic N) is 3. The molecule has 0 aliphatic carbocycles. The molecule has 0 aromatic carbocycles. The molecule has 4 nitrogen and oxygen atoms in total. The molecule has 5 heteroatoms. The first kappa shape index (κ1) is 16.0. The van der Waals surface area contributed by atoms with Crippen LogP contribution in [0.15, 0.2) is 4.47 Å². The number of aromatic nitrogens is 2. The summed E-state index contributed by atoms with van der Waals surface area (Å²) in [7, 11) is 0. The molecule has 1 fully saturated rings. The summed E-state index contributed by atoms with van der Waals surface area (Å²) < 4.78 is 3.30. The van der Waals surface area contributed by atoms with Crippen LogP contribution in [0.2, 0.25) is 0 Å². The Balaban J connectivity index is 2.02. The summed E-state index contributed by atoms with van der Waals surface area (Å²) in [6.07, 6.45) is 4.00. The van der Waals surface area contributed by atoms with Crippen LogP contribution in [0.5, 0.6) is 0 Å². The van der Waals surface area contributed by atoms with Gasteiger partial charge in [0.25, 0.3) is 0 Å². The summed E-state index contributed by atoms with van der Waals surface area (Å²) in [6, 6.07) is 0.654. The number of piperidine rings is 1. The summed E-state index contributed by atoms with van der Waals surface area (Å²) >= 11 is 3.70. The number of halogens is 1. The van der Waals surface area contributed by atoms with Gasteiger partial charge in [0.15, 0.2) is 0 Å².